The third kappa shape index (κ3) is 4.16. The van der Waals surface area contributed by atoms with Crippen molar-refractivity contribution in [3.8, 4) is 5.69 Å². The number of furan rings is 1. The number of carbonyl (C=O) groups is 1. The summed E-state index contributed by atoms with van der Waals surface area (Å²) in [5.74, 6) is -0.564. The molecule has 3 aromatic heterocycles. The largest absolute Gasteiger partial charge is 0.467 e. The molecule has 3 heterocycles. The highest BCUT2D eigenvalue weighted by Gasteiger charge is 2.31. The second-order valence-electron chi connectivity index (χ2n) is 7.76. The lowest BCUT2D eigenvalue weighted by Crippen LogP contribution is -2.17. The van der Waals surface area contributed by atoms with Crippen LogP contribution in [0, 0.1) is 12.7 Å². The lowest BCUT2D eigenvalue weighted by molar-refractivity contribution is -0.137. The minimum absolute atomic E-state index is 0.0266. The van der Waals surface area contributed by atoms with E-state index >= 15 is 0 Å². The number of aromatic nitrogens is 4. The first-order valence-electron chi connectivity index (χ1n) is 10.4. The van der Waals surface area contributed by atoms with E-state index in [1.165, 1.54) is 35.3 Å². The van der Waals surface area contributed by atoms with Gasteiger partial charge in [0.05, 0.1) is 46.9 Å². The van der Waals surface area contributed by atoms with Gasteiger partial charge in [-0.15, -0.1) is 0 Å². The number of fused-ring (bicyclic) bond motifs is 1. The molecule has 5 rings (SSSR count). The molecular weight excluding hydrogens is 466 g/mol. The highest BCUT2D eigenvalue weighted by atomic mass is 19.4. The van der Waals surface area contributed by atoms with Crippen LogP contribution in [0.3, 0.4) is 0 Å². The van der Waals surface area contributed by atoms with E-state index in [9.17, 15) is 22.4 Å². The van der Waals surface area contributed by atoms with Crippen molar-refractivity contribution in [3.05, 3.63) is 95.5 Å². The Morgan fingerprint density at radius 3 is 2.63 bits per heavy atom. The summed E-state index contributed by atoms with van der Waals surface area (Å²) in [5.41, 5.74) is 0.284. The predicted octanol–water partition coefficient (Wildman–Crippen LogP) is 5.58. The fraction of sp³-hybridized carbons (Fsp3) is 0.125. The molecule has 0 spiro atoms. The maximum atomic E-state index is 14.2. The predicted molar refractivity (Wildman–Crippen MR) is 119 cm³/mol. The number of imidazole rings is 1. The Kier molecular flexibility index (Phi) is 5.39. The minimum atomic E-state index is -4.54. The zero-order valence-electron chi connectivity index (χ0n) is 18.2. The van der Waals surface area contributed by atoms with Gasteiger partial charge in [-0.05, 0) is 49.4 Å². The molecule has 11 heteroatoms. The van der Waals surface area contributed by atoms with Crippen molar-refractivity contribution in [2.45, 2.75) is 19.6 Å². The quantitative estimate of drug-likeness (QED) is 0.331. The van der Waals surface area contributed by atoms with Crippen LogP contribution in [-0.4, -0.2) is 25.2 Å². The highest BCUT2D eigenvalue weighted by molar-refractivity contribution is 6.04. The summed E-state index contributed by atoms with van der Waals surface area (Å²) in [7, 11) is 0. The summed E-state index contributed by atoms with van der Waals surface area (Å²) in [4.78, 5) is 17.4. The van der Waals surface area contributed by atoms with E-state index in [2.05, 4.69) is 15.4 Å². The van der Waals surface area contributed by atoms with Crippen LogP contribution in [0.1, 0.15) is 27.4 Å². The van der Waals surface area contributed by atoms with Gasteiger partial charge in [-0.25, -0.2) is 14.1 Å². The summed E-state index contributed by atoms with van der Waals surface area (Å²) in [6.07, 6.45) is -1.78. The van der Waals surface area contributed by atoms with E-state index in [-0.39, 0.29) is 29.3 Å². The fourth-order valence-corrected chi connectivity index (χ4v) is 3.79. The number of rotatable bonds is 5. The zero-order chi connectivity index (χ0) is 24.7. The molecular formula is C24H17F4N5O2. The number of nitrogens with one attached hydrogen (secondary N) is 1. The van der Waals surface area contributed by atoms with Gasteiger partial charge in [0.15, 0.2) is 0 Å². The van der Waals surface area contributed by atoms with E-state index in [1.54, 1.807) is 35.8 Å². The molecule has 7 nitrogen and oxygen atoms in total. The van der Waals surface area contributed by atoms with Crippen LogP contribution < -0.4 is 5.32 Å². The number of para-hydroxylation sites is 1. The van der Waals surface area contributed by atoms with Crippen molar-refractivity contribution in [3.63, 3.8) is 0 Å². The first kappa shape index (κ1) is 22.4. The third-order valence-corrected chi connectivity index (χ3v) is 5.53. The summed E-state index contributed by atoms with van der Waals surface area (Å²) in [5, 5.41) is 6.77. The molecule has 0 radical (unpaired) electrons. The number of amides is 1. The van der Waals surface area contributed by atoms with Crippen molar-refractivity contribution >= 4 is 22.9 Å². The van der Waals surface area contributed by atoms with Crippen molar-refractivity contribution < 1.29 is 26.8 Å². The number of hydrogen-bond donors (Lipinski definition) is 1. The second kappa shape index (κ2) is 8.42. The van der Waals surface area contributed by atoms with Gasteiger partial charge < -0.3 is 8.98 Å². The molecule has 1 N–H and O–H groups in total. The molecule has 0 atom stereocenters. The number of carbonyl (C=O) groups excluding carboxylic acids is 1. The van der Waals surface area contributed by atoms with Gasteiger partial charge in [0.25, 0.3) is 5.91 Å². The Morgan fingerprint density at radius 1 is 1.11 bits per heavy atom. The normalized spacial score (nSPS) is 11.8. The van der Waals surface area contributed by atoms with Gasteiger partial charge in [-0.3, -0.25) is 10.1 Å². The van der Waals surface area contributed by atoms with E-state index in [1.807, 2.05) is 0 Å². The number of alkyl halides is 3. The smallest absolute Gasteiger partial charge is 0.416 e. The molecule has 0 aliphatic rings. The van der Waals surface area contributed by atoms with Crippen LogP contribution in [0.2, 0.25) is 0 Å². The Morgan fingerprint density at radius 2 is 1.91 bits per heavy atom. The maximum Gasteiger partial charge on any atom is 0.416 e. The average Bonchev–Trinajstić information content (AvgIpc) is 3.53. The van der Waals surface area contributed by atoms with E-state index < -0.39 is 23.5 Å². The molecule has 0 unspecified atom stereocenters. The first-order chi connectivity index (χ1) is 16.7. The summed E-state index contributed by atoms with van der Waals surface area (Å²) in [6, 6.07) is 12.5. The van der Waals surface area contributed by atoms with Crippen LogP contribution in [0.4, 0.5) is 23.5 Å². The fourth-order valence-electron chi connectivity index (χ4n) is 3.79. The van der Waals surface area contributed by atoms with Crippen LogP contribution in [-0.2, 0) is 12.7 Å². The van der Waals surface area contributed by atoms with Crippen molar-refractivity contribution in [1.82, 2.24) is 19.3 Å². The molecule has 0 aliphatic carbocycles. The van der Waals surface area contributed by atoms with E-state index in [0.717, 1.165) is 12.1 Å². The molecule has 178 valence electrons. The lowest BCUT2D eigenvalue weighted by Gasteiger charge is -2.10. The Balaban J connectivity index is 1.53. The maximum absolute atomic E-state index is 14.2. The standard InChI is InChI=1S/C24H17F4N5O2/c1-14-17(12-29-33(14)20-7-3-2-6-18(20)25)22(34)31-23-30-19-11-15(24(26,27)28)8-9-21(19)32(23)13-16-5-4-10-35-16/h2-12H,13H2,1H3,(H,30,31,34). The first-order valence-corrected chi connectivity index (χ1v) is 10.4. The summed E-state index contributed by atoms with van der Waals surface area (Å²) in [6.45, 7) is 1.73. The number of anilines is 1. The molecule has 0 bridgehead atoms. The van der Waals surface area contributed by atoms with Gasteiger partial charge in [-0.1, -0.05) is 12.1 Å². The highest BCUT2D eigenvalue weighted by Crippen LogP contribution is 2.32. The lowest BCUT2D eigenvalue weighted by atomic mass is 10.2. The van der Waals surface area contributed by atoms with E-state index in [4.69, 9.17) is 4.42 Å². The Bertz CT molecular complexity index is 1530. The topological polar surface area (TPSA) is 77.9 Å². The summed E-state index contributed by atoms with van der Waals surface area (Å²) < 4.78 is 62.1. The van der Waals surface area contributed by atoms with Crippen molar-refractivity contribution in [2.75, 3.05) is 5.32 Å². The molecule has 0 aliphatic heterocycles. The number of halogens is 4. The van der Waals surface area contributed by atoms with Gasteiger partial charge in [0.2, 0.25) is 5.95 Å². The van der Waals surface area contributed by atoms with Crippen LogP contribution in [0.5, 0.6) is 0 Å². The van der Waals surface area contributed by atoms with Gasteiger partial charge in [0, 0.05) is 0 Å². The molecule has 1 amide bonds. The molecule has 5 aromatic rings. The number of hydrogen-bond acceptors (Lipinski definition) is 4. The SMILES string of the molecule is Cc1c(C(=O)Nc2nc3cc(C(F)(F)F)ccc3n2Cc2ccco2)cnn1-c1ccccc1F. The zero-order valence-corrected chi connectivity index (χ0v) is 18.2. The van der Waals surface area contributed by atoms with Crippen LogP contribution in [0.15, 0.2) is 71.5 Å². The average molecular weight is 483 g/mol. The monoisotopic (exact) mass is 483 g/mol. The molecule has 2 aromatic carbocycles. The molecule has 0 fully saturated rings. The molecule has 35 heavy (non-hydrogen) atoms. The minimum Gasteiger partial charge on any atom is -0.467 e. The molecule has 0 saturated carbocycles. The van der Waals surface area contributed by atoms with Crippen molar-refractivity contribution in [1.29, 1.82) is 0 Å². The van der Waals surface area contributed by atoms with Crippen molar-refractivity contribution in [2.24, 2.45) is 0 Å². The van der Waals surface area contributed by atoms with E-state index in [0.29, 0.717) is 17.0 Å². The number of nitrogens with zero attached hydrogens (tertiary/aromatic N) is 4. The van der Waals surface area contributed by atoms with Gasteiger partial charge >= 0.3 is 6.18 Å². The van der Waals surface area contributed by atoms with Gasteiger partial charge in [-0.2, -0.15) is 18.3 Å². The Labute approximate surface area is 195 Å². The summed E-state index contributed by atoms with van der Waals surface area (Å²) >= 11 is 0. The third-order valence-electron chi connectivity index (χ3n) is 5.53. The van der Waals surface area contributed by atoms with Gasteiger partial charge in [0.1, 0.15) is 17.3 Å². The second-order valence-corrected chi connectivity index (χ2v) is 7.76. The molecule has 0 saturated heterocycles. The Hall–Kier alpha value is -4.41. The van der Waals surface area contributed by atoms with Crippen LogP contribution >= 0.6 is 0 Å². The van der Waals surface area contributed by atoms with Crippen LogP contribution in [0.25, 0.3) is 16.7 Å². The number of benzene rings is 2.